The van der Waals surface area contributed by atoms with E-state index in [9.17, 15) is 0 Å². The van der Waals surface area contributed by atoms with Crippen molar-refractivity contribution in [3.05, 3.63) is 28.7 Å². The first kappa shape index (κ1) is 16.4. The first-order chi connectivity index (χ1) is 9.74. The lowest BCUT2D eigenvalue weighted by Crippen LogP contribution is -2.42. The van der Waals surface area contributed by atoms with Gasteiger partial charge in [0, 0.05) is 20.7 Å². The third-order valence-electron chi connectivity index (χ3n) is 4.18. The van der Waals surface area contributed by atoms with Crippen molar-refractivity contribution in [3.8, 4) is 0 Å². The van der Waals surface area contributed by atoms with E-state index < -0.39 is 0 Å². The summed E-state index contributed by atoms with van der Waals surface area (Å²) in [5, 5.41) is 4.41. The molecule has 1 aromatic carbocycles. The number of hydrogen-bond acceptors (Lipinski definition) is 2. The number of rotatable bonds is 6. The molecule has 3 heteroatoms. The molecule has 1 fully saturated rings. The molecule has 0 aromatic heterocycles. The van der Waals surface area contributed by atoms with Gasteiger partial charge in [0.15, 0.2) is 0 Å². The third kappa shape index (κ3) is 4.51. The molecular weight excluding hydrogens is 330 g/mol. The van der Waals surface area contributed by atoms with E-state index in [2.05, 4.69) is 71.1 Å². The first-order valence-electron chi connectivity index (χ1n) is 7.89. The van der Waals surface area contributed by atoms with E-state index in [4.69, 9.17) is 0 Å². The molecule has 0 bridgehead atoms. The molecule has 0 saturated heterocycles. The second-order valence-electron chi connectivity index (χ2n) is 5.72. The maximum absolute atomic E-state index is 3.70. The van der Waals surface area contributed by atoms with Crippen LogP contribution in [0.25, 0.3) is 0 Å². The van der Waals surface area contributed by atoms with Crippen LogP contribution in [0.15, 0.2) is 33.6 Å². The van der Waals surface area contributed by atoms with Crippen LogP contribution >= 0.6 is 27.7 Å². The van der Waals surface area contributed by atoms with Crippen LogP contribution in [0.2, 0.25) is 0 Å². The highest BCUT2D eigenvalue weighted by Gasteiger charge is 2.30. The van der Waals surface area contributed by atoms with Gasteiger partial charge in [0.2, 0.25) is 0 Å². The van der Waals surface area contributed by atoms with Gasteiger partial charge in [-0.05, 0) is 59.8 Å². The van der Waals surface area contributed by atoms with E-state index in [1.54, 1.807) is 0 Å². The average molecular weight is 356 g/mol. The van der Waals surface area contributed by atoms with Gasteiger partial charge in [-0.15, -0.1) is 11.8 Å². The van der Waals surface area contributed by atoms with E-state index in [1.165, 1.54) is 41.5 Å². The van der Waals surface area contributed by atoms with Crippen LogP contribution in [-0.4, -0.2) is 17.8 Å². The van der Waals surface area contributed by atoms with E-state index in [-0.39, 0.29) is 0 Å². The second kappa shape index (κ2) is 8.45. The minimum absolute atomic E-state index is 0.671. The number of benzene rings is 1. The molecule has 112 valence electrons. The molecule has 3 atom stereocenters. The molecule has 1 nitrogen and oxygen atoms in total. The summed E-state index contributed by atoms with van der Waals surface area (Å²) in [5.41, 5.74) is 0. The van der Waals surface area contributed by atoms with Crippen LogP contribution in [0.5, 0.6) is 0 Å². The van der Waals surface area contributed by atoms with E-state index >= 15 is 0 Å². The molecular formula is C17H26BrNS. The largest absolute Gasteiger partial charge is 0.313 e. The van der Waals surface area contributed by atoms with Gasteiger partial charge in [0.25, 0.3) is 0 Å². The van der Waals surface area contributed by atoms with Crippen LogP contribution < -0.4 is 5.32 Å². The Balaban J connectivity index is 2.05. The molecule has 1 saturated carbocycles. The summed E-state index contributed by atoms with van der Waals surface area (Å²) < 4.78 is 1.23. The molecule has 3 unspecified atom stereocenters. The lowest BCUT2D eigenvalue weighted by atomic mass is 9.83. The average Bonchev–Trinajstić information content (AvgIpc) is 2.45. The fraction of sp³-hybridized carbons (Fsp3) is 0.647. The molecule has 2 rings (SSSR count). The summed E-state index contributed by atoms with van der Waals surface area (Å²) in [5.74, 6) is 0.926. The van der Waals surface area contributed by atoms with Gasteiger partial charge in [-0.3, -0.25) is 0 Å². The Morgan fingerprint density at radius 1 is 1.25 bits per heavy atom. The number of nitrogens with one attached hydrogen (secondary N) is 1. The number of thioether (sulfide) groups is 1. The van der Waals surface area contributed by atoms with Crippen molar-refractivity contribution in [1.82, 2.24) is 5.32 Å². The summed E-state index contributed by atoms with van der Waals surface area (Å²) >= 11 is 5.75. The van der Waals surface area contributed by atoms with Crippen molar-refractivity contribution in [2.45, 2.75) is 62.1 Å². The van der Waals surface area contributed by atoms with Gasteiger partial charge in [0.1, 0.15) is 0 Å². The van der Waals surface area contributed by atoms with Gasteiger partial charge in [-0.1, -0.05) is 38.8 Å². The topological polar surface area (TPSA) is 12.0 Å². The normalized spacial score (nSPS) is 26.6. The fourth-order valence-corrected chi connectivity index (χ4v) is 5.21. The van der Waals surface area contributed by atoms with Gasteiger partial charge in [-0.2, -0.15) is 0 Å². The van der Waals surface area contributed by atoms with Gasteiger partial charge < -0.3 is 5.32 Å². The molecule has 1 aromatic rings. The molecule has 0 amide bonds. The zero-order valence-electron chi connectivity index (χ0n) is 12.6. The maximum atomic E-state index is 3.70. The highest BCUT2D eigenvalue weighted by Crippen LogP contribution is 2.40. The van der Waals surface area contributed by atoms with Gasteiger partial charge >= 0.3 is 0 Å². The van der Waals surface area contributed by atoms with Crippen LogP contribution in [-0.2, 0) is 0 Å². The minimum atomic E-state index is 0.671. The molecule has 1 aliphatic rings. The summed E-state index contributed by atoms with van der Waals surface area (Å²) in [6, 6.07) is 9.29. The van der Waals surface area contributed by atoms with E-state index in [0.29, 0.717) is 11.3 Å². The Bertz CT molecular complexity index is 410. The van der Waals surface area contributed by atoms with Crippen molar-refractivity contribution < 1.29 is 0 Å². The molecule has 0 radical (unpaired) electrons. The fourth-order valence-electron chi connectivity index (χ4n) is 3.21. The Hall–Kier alpha value is 0.01000. The monoisotopic (exact) mass is 355 g/mol. The third-order valence-corrected chi connectivity index (χ3v) is 6.57. The summed E-state index contributed by atoms with van der Waals surface area (Å²) in [6.07, 6.45) is 6.81. The smallest absolute Gasteiger partial charge is 0.0311 e. The van der Waals surface area contributed by atoms with Crippen LogP contribution in [0.4, 0.5) is 0 Å². The Labute approximate surface area is 136 Å². The van der Waals surface area contributed by atoms with Crippen LogP contribution in [0.3, 0.4) is 0 Å². The molecule has 1 N–H and O–H groups in total. The van der Waals surface area contributed by atoms with Crippen molar-refractivity contribution in [3.63, 3.8) is 0 Å². The standard InChI is InChI=1S/C17H26BrNS/c1-3-7-13-10-11-15(19-4-2)17(12-13)20-16-9-6-5-8-14(16)18/h5-6,8-9,13,15,17,19H,3-4,7,10-12H2,1-2H3. The van der Waals surface area contributed by atoms with Crippen molar-refractivity contribution >= 4 is 27.7 Å². The number of halogens is 1. The maximum Gasteiger partial charge on any atom is 0.0311 e. The Morgan fingerprint density at radius 2 is 2.05 bits per heavy atom. The van der Waals surface area contributed by atoms with Gasteiger partial charge in [0.05, 0.1) is 0 Å². The van der Waals surface area contributed by atoms with Crippen LogP contribution in [0, 0.1) is 5.92 Å². The minimum Gasteiger partial charge on any atom is -0.313 e. The van der Waals surface area contributed by atoms with Crippen molar-refractivity contribution in [2.75, 3.05) is 6.54 Å². The van der Waals surface area contributed by atoms with E-state index in [1.807, 2.05) is 0 Å². The lowest BCUT2D eigenvalue weighted by molar-refractivity contribution is 0.289. The summed E-state index contributed by atoms with van der Waals surface area (Å²) in [4.78, 5) is 1.39. The predicted molar refractivity (Wildman–Crippen MR) is 93.5 cm³/mol. The predicted octanol–water partition coefficient (Wildman–Crippen LogP) is 5.49. The van der Waals surface area contributed by atoms with Gasteiger partial charge in [-0.25, -0.2) is 0 Å². The van der Waals surface area contributed by atoms with Crippen LogP contribution in [0.1, 0.15) is 46.0 Å². The van der Waals surface area contributed by atoms with Crippen molar-refractivity contribution in [2.24, 2.45) is 5.92 Å². The van der Waals surface area contributed by atoms with Crippen molar-refractivity contribution in [1.29, 1.82) is 0 Å². The summed E-state index contributed by atoms with van der Waals surface area (Å²) in [6.45, 7) is 5.61. The molecule has 0 aliphatic heterocycles. The Kier molecular flexibility index (Phi) is 6.92. The molecule has 0 heterocycles. The SMILES string of the molecule is CCCC1CCC(NCC)C(Sc2ccccc2Br)C1. The molecule has 20 heavy (non-hydrogen) atoms. The molecule has 0 spiro atoms. The summed E-state index contributed by atoms with van der Waals surface area (Å²) in [7, 11) is 0. The molecule has 1 aliphatic carbocycles. The highest BCUT2D eigenvalue weighted by atomic mass is 79.9. The zero-order valence-corrected chi connectivity index (χ0v) is 15.0. The first-order valence-corrected chi connectivity index (χ1v) is 9.56. The quantitative estimate of drug-likeness (QED) is 0.723. The number of hydrogen-bond donors (Lipinski definition) is 1. The highest BCUT2D eigenvalue weighted by molar-refractivity contribution is 9.10. The Morgan fingerprint density at radius 3 is 2.75 bits per heavy atom. The lowest BCUT2D eigenvalue weighted by Gasteiger charge is -2.36. The zero-order chi connectivity index (χ0) is 14.4. The van der Waals surface area contributed by atoms with E-state index in [0.717, 1.165) is 12.5 Å². The second-order valence-corrected chi connectivity index (χ2v) is 7.85.